The van der Waals surface area contributed by atoms with E-state index in [2.05, 4.69) is 5.32 Å². The van der Waals surface area contributed by atoms with Gasteiger partial charge in [0.05, 0.1) is 21.1 Å². The quantitative estimate of drug-likeness (QED) is 0.641. The van der Waals surface area contributed by atoms with E-state index in [-0.39, 0.29) is 22.7 Å². The van der Waals surface area contributed by atoms with Crippen molar-refractivity contribution in [2.45, 2.75) is 19.8 Å². The Kier molecular flexibility index (Phi) is 4.12. The molecule has 0 aliphatic carbocycles. The van der Waals surface area contributed by atoms with Crippen molar-refractivity contribution in [3.05, 3.63) is 72.7 Å². The smallest absolute Gasteiger partial charge is 0.334 e. The Morgan fingerprint density at radius 3 is 2.09 bits per heavy atom. The van der Waals surface area contributed by atoms with Crippen LogP contribution in [0.5, 0.6) is 0 Å². The van der Waals surface area contributed by atoms with Crippen LogP contribution in [-0.4, -0.2) is 20.9 Å². The first-order valence-corrected chi connectivity index (χ1v) is 6.54. The summed E-state index contributed by atoms with van der Waals surface area (Å²) in [5.41, 5.74) is 0.214. The lowest BCUT2D eigenvalue weighted by Gasteiger charge is -2.25. The highest BCUT2D eigenvalue weighted by Gasteiger charge is 2.40. The third-order valence-electron chi connectivity index (χ3n) is 3.59. The lowest BCUT2D eigenvalue weighted by Crippen LogP contribution is -2.30. The Labute approximate surface area is 130 Å². The van der Waals surface area contributed by atoms with Crippen molar-refractivity contribution in [1.29, 1.82) is 0 Å². The van der Waals surface area contributed by atoms with E-state index in [0.29, 0.717) is 11.3 Å². The molecule has 1 unspecified atom stereocenters. The maximum absolute atomic E-state index is 11.5. The number of carboxylic acid groups (broad SMARTS) is 1. The molecule has 0 radical (unpaired) electrons. The van der Waals surface area contributed by atoms with Gasteiger partial charge in [-0.2, -0.15) is 0 Å². The van der Waals surface area contributed by atoms with Crippen molar-refractivity contribution < 1.29 is 19.7 Å². The summed E-state index contributed by atoms with van der Waals surface area (Å²) in [5, 5.41) is 34.2. The molecule has 9 nitrogen and oxygen atoms in total. The number of carbonyl (C=O) groups is 1. The normalized spacial score (nSPS) is 17.7. The van der Waals surface area contributed by atoms with Crippen molar-refractivity contribution in [2.24, 2.45) is 0 Å². The first kappa shape index (κ1) is 16.1. The molecular formula is C14H13N3O6. The third-order valence-corrected chi connectivity index (χ3v) is 3.59. The number of allylic oxidation sites excluding steroid dienone is 3. The summed E-state index contributed by atoms with van der Waals surface area (Å²) in [7, 11) is 0. The lowest BCUT2D eigenvalue weighted by atomic mass is 9.84. The lowest BCUT2D eigenvalue weighted by molar-refractivity contribution is -0.431. The van der Waals surface area contributed by atoms with Crippen LogP contribution in [0.25, 0.3) is 0 Å². The standard InChI is InChI=1S/C14H13N3O6/c1-7-11(14(18)19)12(13(17(22)23)8(2)15-7)9-3-5-10(6-4-9)16(20)21/h3-6,12,15H,1-2H3,(H,18,19). The second-order valence-electron chi connectivity index (χ2n) is 5.02. The monoisotopic (exact) mass is 319 g/mol. The number of non-ortho nitro benzene ring substituents is 1. The minimum Gasteiger partial charge on any atom is -0.478 e. The first-order valence-electron chi connectivity index (χ1n) is 6.54. The van der Waals surface area contributed by atoms with Gasteiger partial charge < -0.3 is 10.4 Å². The molecule has 23 heavy (non-hydrogen) atoms. The van der Waals surface area contributed by atoms with Gasteiger partial charge in [-0.3, -0.25) is 20.2 Å². The zero-order valence-corrected chi connectivity index (χ0v) is 12.3. The van der Waals surface area contributed by atoms with E-state index < -0.39 is 21.7 Å². The molecule has 0 saturated heterocycles. The van der Waals surface area contributed by atoms with Gasteiger partial charge in [0.2, 0.25) is 0 Å². The van der Waals surface area contributed by atoms with Crippen LogP contribution in [0, 0.1) is 20.2 Å². The maximum Gasteiger partial charge on any atom is 0.334 e. The van der Waals surface area contributed by atoms with Crippen LogP contribution in [0.4, 0.5) is 5.69 Å². The molecule has 0 aromatic heterocycles. The SMILES string of the molecule is CC1=C(C(=O)O)C(c2ccc([N+](=O)[O-])cc2)C([N+](=O)[O-])=C(C)N1. The molecule has 9 heteroatoms. The summed E-state index contributed by atoms with van der Waals surface area (Å²) in [6.07, 6.45) is 0. The predicted molar refractivity (Wildman–Crippen MR) is 79.0 cm³/mol. The summed E-state index contributed by atoms with van der Waals surface area (Å²) < 4.78 is 0. The van der Waals surface area contributed by atoms with Gasteiger partial charge in [0.25, 0.3) is 11.4 Å². The number of nitrogens with zero attached hydrogens (tertiary/aromatic N) is 2. The predicted octanol–water partition coefficient (Wildman–Crippen LogP) is 2.15. The molecule has 2 N–H and O–H groups in total. The fraction of sp³-hybridized carbons (Fsp3) is 0.214. The van der Waals surface area contributed by atoms with E-state index in [1.165, 1.54) is 38.1 Å². The summed E-state index contributed by atoms with van der Waals surface area (Å²) in [6, 6.07) is 5.06. The summed E-state index contributed by atoms with van der Waals surface area (Å²) in [4.78, 5) is 32.4. The van der Waals surface area contributed by atoms with Crippen LogP contribution in [-0.2, 0) is 4.79 Å². The number of hydrogen-bond donors (Lipinski definition) is 2. The molecule has 0 bridgehead atoms. The molecule has 1 aromatic rings. The fourth-order valence-electron chi connectivity index (χ4n) is 2.62. The van der Waals surface area contributed by atoms with Gasteiger partial charge in [-0.1, -0.05) is 12.1 Å². The van der Waals surface area contributed by atoms with Crippen LogP contribution in [0.1, 0.15) is 25.3 Å². The van der Waals surface area contributed by atoms with E-state index >= 15 is 0 Å². The molecule has 2 rings (SSSR count). The Bertz CT molecular complexity index is 727. The van der Waals surface area contributed by atoms with Crippen molar-refractivity contribution in [3.8, 4) is 0 Å². The van der Waals surface area contributed by atoms with Crippen LogP contribution >= 0.6 is 0 Å². The highest BCUT2D eigenvalue weighted by atomic mass is 16.6. The highest BCUT2D eigenvalue weighted by molar-refractivity contribution is 5.90. The maximum atomic E-state index is 11.5. The molecule has 0 saturated carbocycles. The number of benzene rings is 1. The van der Waals surface area contributed by atoms with E-state index in [1.54, 1.807) is 0 Å². The third kappa shape index (κ3) is 2.89. The number of nitro benzene ring substituents is 1. The molecule has 1 heterocycles. The first-order chi connectivity index (χ1) is 10.7. The molecule has 0 amide bonds. The number of nitro groups is 2. The van der Waals surface area contributed by atoms with Gasteiger partial charge in [-0.25, -0.2) is 4.79 Å². The van der Waals surface area contributed by atoms with Crippen molar-refractivity contribution in [3.63, 3.8) is 0 Å². The van der Waals surface area contributed by atoms with E-state index in [4.69, 9.17) is 0 Å². The molecular weight excluding hydrogens is 306 g/mol. The molecule has 0 fully saturated rings. The van der Waals surface area contributed by atoms with Gasteiger partial charge >= 0.3 is 5.97 Å². The fourth-order valence-corrected chi connectivity index (χ4v) is 2.62. The van der Waals surface area contributed by atoms with Gasteiger partial charge in [0.15, 0.2) is 0 Å². The summed E-state index contributed by atoms with van der Waals surface area (Å²) in [5.74, 6) is -2.39. The molecule has 0 spiro atoms. The minimum atomic E-state index is -1.29. The average Bonchev–Trinajstić information content (AvgIpc) is 2.45. The summed E-state index contributed by atoms with van der Waals surface area (Å²) >= 11 is 0. The van der Waals surface area contributed by atoms with Gasteiger partial charge in [-0.15, -0.1) is 0 Å². The van der Waals surface area contributed by atoms with E-state index in [9.17, 15) is 30.1 Å². The number of hydrogen-bond acceptors (Lipinski definition) is 6. The Morgan fingerprint density at radius 2 is 1.65 bits per heavy atom. The molecule has 1 atom stereocenters. The number of carboxylic acids is 1. The number of rotatable bonds is 4. The second-order valence-corrected chi connectivity index (χ2v) is 5.02. The van der Waals surface area contributed by atoms with Crippen molar-refractivity contribution in [2.75, 3.05) is 0 Å². The zero-order chi connectivity index (χ0) is 17.3. The van der Waals surface area contributed by atoms with E-state index in [1.807, 2.05) is 0 Å². The number of nitrogens with one attached hydrogen (secondary N) is 1. The molecule has 1 aliphatic rings. The largest absolute Gasteiger partial charge is 0.478 e. The second kappa shape index (κ2) is 5.87. The molecule has 120 valence electrons. The van der Waals surface area contributed by atoms with Crippen LogP contribution in [0.15, 0.2) is 46.9 Å². The van der Waals surface area contributed by atoms with E-state index in [0.717, 1.165) is 0 Å². The number of aliphatic carboxylic acids is 1. The van der Waals surface area contributed by atoms with Gasteiger partial charge in [0.1, 0.15) is 5.92 Å². The van der Waals surface area contributed by atoms with Gasteiger partial charge in [0, 0.05) is 17.8 Å². The van der Waals surface area contributed by atoms with Crippen LogP contribution < -0.4 is 5.32 Å². The minimum absolute atomic E-state index is 0.156. The molecule has 1 aromatic carbocycles. The zero-order valence-electron chi connectivity index (χ0n) is 12.3. The van der Waals surface area contributed by atoms with Crippen molar-refractivity contribution >= 4 is 11.7 Å². The van der Waals surface area contributed by atoms with Crippen LogP contribution in [0.2, 0.25) is 0 Å². The van der Waals surface area contributed by atoms with Crippen molar-refractivity contribution in [1.82, 2.24) is 5.32 Å². The average molecular weight is 319 g/mol. The summed E-state index contributed by atoms with van der Waals surface area (Å²) in [6.45, 7) is 3.00. The highest BCUT2D eigenvalue weighted by Crippen LogP contribution is 2.38. The topological polar surface area (TPSA) is 136 Å². The Morgan fingerprint density at radius 1 is 1.09 bits per heavy atom. The molecule has 1 aliphatic heterocycles. The Hall–Kier alpha value is -3.23. The van der Waals surface area contributed by atoms with Crippen LogP contribution in [0.3, 0.4) is 0 Å². The Balaban J connectivity index is 2.64. The van der Waals surface area contributed by atoms with Gasteiger partial charge in [-0.05, 0) is 19.4 Å². The number of dihydropyridines is 1.